The van der Waals surface area contributed by atoms with Crippen LogP contribution in [0.3, 0.4) is 0 Å². The minimum absolute atomic E-state index is 0.124. The summed E-state index contributed by atoms with van der Waals surface area (Å²) in [5.74, 6) is 1.14. The number of ether oxygens (including phenoxy) is 2. The molecule has 2 aromatic rings. The van der Waals surface area contributed by atoms with Gasteiger partial charge < -0.3 is 14.8 Å². The summed E-state index contributed by atoms with van der Waals surface area (Å²) in [6.45, 7) is 2.48. The number of hydrogen-bond acceptors (Lipinski definition) is 4. The summed E-state index contributed by atoms with van der Waals surface area (Å²) in [7, 11) is 1.57. The third-order valence-electron chi connectivity index (χ3n) is 2.47. The lowest BCUT2D eigenvalue weighted by Gasteiger charge is -2.11. The molecule has 1 amide bonds. The lowest BCUT2D eigenvalue weighted by molar-refractivity contribution is 0.103. The predicted molar refractivity (Wildman–Crippen MR) is 76.4 cm³/mol. The zero-order valence-electron chi connectivity index (χ0n) is 10.8. The number of benzene rings is 1. The molecule has 0 saturated carbocycles. The molecule has 4 nitrogen and oxygen atoms in total. The molecule has 100 valence electrons. The molecule has 1 heterocycles. The maximum absolute atomic E-state index is 11.9. The standard InChI is InChI=1S/C14H15NO3S/c1-3-18-11-7-6-10(9-12(11)17-2)15-14(16)13-5-4-8-19-13/h4-9H,3H2,1-2H3,(H,15,16). The first-order chi connectivity index (χ1) is 9.24. The first kappa shape index (κ1) is 13.4. The van der Waals surface area contributed by atoms with Crippen molar-refractivity contribution in [3.63, 3.8) is 0 Å². The van der Waals surface area contributed by atoms with Gasteiger partial charge in [-0.05, 0) is 30.5 Å². The monoisotopic (exact) mass is 277 g/mol. The highest BCUT2D eigenvalue weighted by molar-refractivity contribution is 7.12. The Hall–Kier alpha value is -2.01. The molecule has 0 saturated heterocycles. The molecule has 19 heavy (non-hydrogen) atoms. The summed E-state index contributed by atoms with van der Waals surface area (Å²) in [6.07, 6.45) is 0. The van der Waals surface area contributed by atoms with Crippen molar-refractivity contribution in [1.29, 1.82) is 0 Å². The Morgan fingerprint density at radius 1 is 1.32 bits per heavy atom. The van der Waals surface area contributed by atoms with Crippen molar-refractivity contribution in [2.75, 3.05) is 19.0 Å². The molecule has 0 aliphatic carbocycles. The summed E-state index contributed by atoms with van der Waals surface area (Å²) < 4.78 is 10.7. The van der Waals surface area contributed by atoms with Gasteiger partial charge in [0.1, 0.15) is 0 Å². The van der Waals surface area contributed by atoms with Crippen LogP contribution in [0.1, 0.15) is 16.6 Å². The van der Waals surface area contributed by atoms with Crippen molar-refractivity contribution in [2.45, 2.75) is 6.92 Å². The van der Waals surface area contributed by atoms with Crippen LogP contribution in [0.15, 0.2) is 35.7 Å². The van der Waals surface area contributed by atoms with E-state index >= 15 is 0 Å². The van der Waals surface area contributed by atoms with E-state index in [1.54, 1.807) is 31.4 Å². The van der Waals surface area contributed by atoms with Gasteiger partial charge in [-0.1, -0.05) is 6.07 Å². The molecule has 0 aliphatic rings. The van der Waals surface area contributed by atoms with Crippen LogP contribution in [0.5, 0.6) is 11.5 Å². The maximum Gasteiger partial charge on any atom is 0.265 e. The quantitative estimate of drug-likeness (QED) is 0.911. The third-order valence-corrected chi connectivity index (χ3v) is 3.33. The molecule has 0 radical (unpaired) electrons. The topological polar surface area (TPSA) is 47.6 Å². The van der Waals surface area contributed by atoms with Gasteiger partial charge in [0.25, 0.3) is 5.91 Å². The van der Waals surface area contributed by atoms with Gasteiger partial charge >= 0.3 is 0 Å². The summed E-state index contributed by atoms with van der Waals surface area (Å²) in [5, 5.41) is 4.69. The Kier molecular flexibility index (Phi) is 4.41. The predicted octanol–water partition coefficient (Wildman–Crippen LogP) is 3.41. The van der Waals surface area contributed by atoms with E-state index in [-0.39, 0.29) is 5.91 Å². The molecule has 1 N–H and O–H groups in total. The van der Waals surface area contributed by atoms with Gasteiger partial charge in [0.05, 0.1) is 18.6 Å². The number of hydrogen-bond donors (Lipinski definition) is 1. The molecule has 0 spiro atoms. The van der Waals surface area contributed by atoms with E-state index < -0.39 is 0 Å². The van der Waals surface area contributed by atoms with E-state index in [1.165, 1.54) is 11.3 Å². The van der Waals surface area contributed by atoms with Gasteiger partial charge in [0.15, 0.2) is 11.5 Å². The van der Waals surface area contributed by atoms with Crippen LogP contribution >= 0.6 is 11.3 Å². The molecule has 5 heteroatoms. The summed E-state index contributed by atoms with van der Waals surface area (Å²) >= 11 is 1.40. The number of methoxy groups -OCH3 is 1. The largest absolute Gasteiger partial charge is 0.493 e. The van der Waals surface area contributed by atoms with Crippen molar-refractivity contribution in [3.05, 3.63) is 40.6 Å². The maximum atomic E-state index is 11.9. The second-order valence-corrected chi connectivity index (χ2v) is 4.68. The average Bonchev–Trinajstić information content (AvgIpc) is 2.94. The first-order valence-electron chi connectivity index (χ1n) is 5.90. The second-order valence-electron chi connectivity index (χ2n) is 3.73. The molecule has 0 bridgehead atoms. The lowest BCUT2D eigenvalue weighted by atomic mass is 10.2. The fourth-order valence-corrected chi connectivity index (χ4v) is 2.24. The fourth-order valence-electron chi connectivity index (χ4n) is 1.62. The highest BCUT2D eigenvalue weighted by atomic mass is 32.1. The second kappa shape index (κ2) is 6.24. The summed E-state index contributed by atoms with van der Waals surface area (Å²) in [5.41, 5.74) is 0.679. The van der Waals surface area contributed by atoms with Crippen LogP contribution in [0.25, 0.3) is 0 Å². The van der Waals surface area contributed by atoms with Crippen LogP contribution < -0.4 is 14.8 Å². The third kappa shape index (κ3) is 3.26. The van der Waals surface area contributed by atoms with Gasteiger partial charge in [0.2, 0.25) is 0 Å². The Labute approximate surface area is 116 Å². The molecule has 0 fully saturated rings. The van der Waals surface area contributed by atoms with Gasteiger partial charge in [0, 0.05) is 11.8 Å². The number of amides is 1. The van der Waals surface area contributed by atoms with Gasteiger partial charge in [-0.3, -0.25) is 4.79 Å². The van der Waals surface area contributed by atoms with Crippen LogP contribution in [-0.4, -0.2) is 19.6 Å². The van der Waals surface area contributed by atoms with E-state index in [9.17, 15) is 4.79 Å². The molecule has 0 atom stereocenters. The van der Waals surface area contributed by atoms with E-state index in [4.69, 9.17) is 9.47 Å². The number of anilines is 1. The Morgan fingerprint density at radius 2 is 2.16 bits per heavy atom. The van der Waals surface area contributed by atoms with Crippen LogP contribution in [0.2, 0.25) is 0 Å². The van der Waals surface area contributed by atoms with Crippen molar-refractivity contribution in [2.24, 2.45) is 0 Å². The lowest BCUT2D eigenvalue weighted by Crippen LogP contribution is -2.10. The van der Waals surface area contributed by atoms with Crippen molar-refractivity contribution in [3.8, 4) is 11.5 Å². The Morgan fingerprint density at radius 3 is 2.79 bits per heavy atom. The van der Waals surface area contributed by atoms with Crippen LogP contribution in [0, 0.1) is 0 Å². The van der Waals surface area contributed by atoms with Crippen molar-refractivity contribution < 1.29 is 14.3 Å². The van der Waals surface area contributed by atoms with Gasteiger partial charge in [-0.25, -0.2) is 0 Å². The highest BCUT2D eigenvalue weighted by Crippen LogP contribution is 2.30. The minimum Gasteiger partial charge on any atom is -0.493 e. The number of rotatable bonds is 5. The molecule has 1 aromatic carbocycles. The molecule has 2 rings (SSSR count). The first-order valence-corrected chi connectivity index (χ1v) is 6.78. The highest BCUT2D eigenvalue weighted by Gasteiger charge is 2.09. The van der Waals surface area contributed by atoms with E-state index in [0.717, 1.165) is 0 Å². The Balaban J connectivity index is 2.15. The normalized spacial score (nSPS) is 10.0. The zero-order chi connectivity index (χ0) is 13.7. The number of carbonyl (C=O) groups excluding carboxylic acids is 1. The summed E-state index contributed by atoms with van der Waals surface area (Å²) in [4.78, 5) is 12.6. The smallest absolute Gasteiger partial charge is 0.265 e. The molecule has 0 aliphatic heterocycles. The SMILES string of the molecule is CCOc1ccc(NC(=O)c2cccs2)cc1OC. The molecule has 1 aromatic heterocycles. The minimum atomic E-state index is -0.124. The number of carbonyl (C=O) groups is 1. The fraction of sp³-hybridized carbons (Fsp3) is 0.214. The van der Waals surface area contributed by atoms with Crippen molar-refractivity contribution in [1.82, 2.24) is 0 Å². The Bertz CT molecular complexity index is 552. The number of thiophene rings is 1. The average molecular weight is 277 g/mol. The van der Waals surface area contributed by atoms with Gasteiger partial charge in [-0.2, -0.15) is 0 Å². The molecular formula is C14H15NO3S. The molecular weight excluding hydrogens is 262 g/mol. The van der Waals surface area contributed by atoms with Gasteiger partial charge in [-0.15, -0.1) is 11.3 Å². The molecule has 0 unspecified atom stereocenters. The van der Waals surface area contributed by atoms with Crippen molar-refractivity contribution >= 4 is 22.9 Å². The number of nitrogens with one attached hydrogen (secondary N) is 1. The van der Waals surface area contributed by atoms with Crippen LogP contribution in [0.4, 0.5) is 5.69 Å². The van der Waals surface area contributed by atoms with E-state index in [0.29, 0.717) is 28.7 Å². The summed E-state index contributed by atoms with van der Waals surface area (Å²) in [6, 6.07) is 8.95. The van der Waals surface area contributed by atoms with E-state index in [2.05, 4.69) is 5.32 Å². The zero-order valence-corrected chi connectivity index (χ0v) is 11.6. The van der Waals surface area contributed by atoms with Crippen LogP contribution in [-0.2, 0) is 0 Å². The van der Waals surface area contributed by atoms with E-state index in [1.807, 2.05) is 18.4 Å².